The van der Waals surface area contributed by atoms with Crippen molar-refractivity contribution in [2.24, 2.45) is 0 Å². The SMILES string of the molecule is CC1=CC(C)=C(C)C2OC12C. The van der Waals surface area contributed by atoms with Crippen molar-refractivity contribution < 1.29 is 4.74 Å². The molecule has 2 unspecified atom stereocenters. The Hall–Kier alpha value is -0.560. The minimum absolute atomic E-state index is 0.0591. The van der Waals surface area contributed by atoms with Crippen LogP contribution in [0.25, 0.3) is 0 Å². The molecule has 1 aliphatic carbocycles. The van der Waals surface area contributed by atoms with Crippen LogP contribution in [0.4, 0.5) is 0 Å². The topological polar surface area (TPSA) is 12.5 Å². The third-order valence-electron chi connectivity index (χ3n) is 3.04. The van der Waals surface area contributed by atoms with E-state index in [1.165, 1.54) is 16.7 Å². The van der Waals surface area contributed by atoms with Crippen LogP contribution >= 0.6 is 0 Å². The Morgan fingerprint density at radius 3 is 2.64 bits per heavy atom. The van der Waals surface area contributed by atoms with Crippen molar-refractivity contribution in [2.75, 3.05) is 0 Å². The summed E-state index contributed by atoms with van der Waals surface area (Å²) < 4.78 is 5.63. The van der Waals surface area contributed by atoms with Crippen molar-refractivity contribution in [3.05, 3.63) is 22.8 Å². The third-order valence-corrected chi connectivity index (χ3v) is 3.04. The summed E-state index contributed by atoms with van der Waals surface area (Å²) >= 11 is 0. The zero-order chi connectivity index (χ0) is 8.22. The van der Waals surface area contributed by atoms with Crippen LogP contribution in [-0.2, 0) is 4.74 Å². The molecule has 0 aromatic rings. The fraction of sp³-hybridized carbons (Fsp3) is 0.600. The first-order valence-electron chi connectivity index (χ1n) is 4.09. The summed E-state index contributed by atoms with van der Waals surface area (Å²) in [5, 5.41) is 0. The highest BCUT2D eigenvalue weighted by molar-refractivity contribution is 5.45. The molecule has 0 N–H and O–H groups in total. The average Bonchev–Trinajstić information content (AvgIpc) is 2.60. The van der Waals surface area contributed by atoms with Gasteiger partial charge >= 0.3 is 0 Å². The Labute approximate surface area is 67.7 Å². The second-order valence-electron chi connectivity index (χ2n) is 3.80. The second-order valence-corrected chi connectivity index (χ2v) is 3.80. The van der Waals surface area contributed by atoms with E-state index < -0.39 is 0 Å². The van der Waals surface area contributed by atoms with Crippen LogP contribution in [0.3, 0.4) is 0 Å². The Morgan fingerprint density at radius 1 is 1.36 bits per heavy atom. The fourth-order valence-corrected chi connectivity index (χ4v) is 1.80. The van der Waals surface area contributed by atoms with Crippen molar-refractivity contribution >= 4 is 0 Å². The van der Waals surface area contributed by atoms with Crippen LogP contribution in [0.2, 0.25) is 0 Å². The first kappa shape index (κ1) is 7.11. The number of rotatable bonds is 0. The Kier molecular flexibility index (Phi) is 1.15. The van der Waals surface area contributed by atoms with E-state index in [1.807, 2.05) is 0 Å². The molecule has 11 heavy (non-hydrogen) atoms. The molecule has 0 amide bonds. The molecule has 0 saturated carbocycles. The Bertz CT molecular complexity index is 273. The Morgan fingerprint density at radius 2 is 2.00 bits per heavy atom. The highest BCUT2D eigenvalue weighted by atomic mass is 16.6. The van der Waals surface area contributed by atoms with Gasteiger partial charge in [0.25, 0.3) is 0 Å². The number of fused-ring (bicyclic) bond motifs is 1. The number of hydrogen-bond acceptors (Lipinski definition) is 1. The van der Waals surface area contributed by atoms with Gasteiger partial charge in [0.15, 0.2) is 0 Å². The van der Waals surface area contributed by atoms with Gasteiger partial charge in [0.2, 0.25) is 0 Å². The summed E-state index contributed by atoms with van der Waals surface area (Å²) in [5.41, 5.74) is 4.20. The standard InChI is InChI=1S/C10H14O/c1-6-5-7(2)10(4)9(11-10)8(6)3/h5,9H,1-4H3. The van der Waals surface area contributed by atoms with Crippen molar-refractivity contribution in [3.8, 4) is 0 Å². The zero-order valence-electron chi connectivity index (χ0n) is 7.56. The first-order valence-corrected chi connectivity index (χ1v) is 4.09. The minimum atomic E-state index is 0.0591. The highest BCUT2D eigenvalue weighted by Crippen LogP contribution is 2.50. The second kappa shape index (κ2) is 1.78. The average molecular weight is 150 g/mol. The van der Waals surface area contributed by atoms with Gasteiger partial charge in [0.05, 0.1) is 0 Å². The molecule has 2 rings (SSSR count). The van der Waals surface area contributed by atoms with E-state index in [0.717, 1.165) is 0 Å². The summed E-state index contributed by atoms with van der Waals surface area (Å²) in [7, 11) is 0. The molecule has 0 aromatic heterocycles. The van der Waals surface area contributed by atoms with Crippen LogP contribution < -0.4 is 0 Å². The predicted molar refractivity (Wildman–Crippen MR) is 45.4 cm³/mol. The lowest BCUT2D eigenvalue weighted by Crippen LogP contribution is -2.16. The van der Waals surface area contributed by atoms with Gasteiger partial charge in [0.1, 0.15) is 11.7 Å². The van der Waals surface area contributed by atoms with E-state index in [4.69, 9.17) is 4.74 Å². The van der Waals surface area contributed by atoms with Crippen LogP contribution in [0, 0.1) is 0 Å². The van der Waals surface area contributed by atoms with Crippen molar-refractivity contribution in [3.63, 3.8) is 0 Å². The molecule has 0 aromatic carbocycles. The summed E-state index contributed by atoms with van der Waals surface area (Å²) in [4.78, 5) is 0. The molecule has 1 saturated heterocycles. The van der Waals surface area contributed by atoms with E-state index in [2.05, 4.69) is 33.8 Å². The van der Waals surface area contributed by atoms with E-state index in [-0.39, 0.29) is 5.60 Å². The van der Waals surface area contributed by atoms with Gasteiger partial charge in [-0.15, -0.1) is 0 Å². The molecule has 1 aliphatic heterocycles. The maximum atomic E-state index is 5.63. The lowest BCUT2D eigenvalue weighted by atomic mass is 9.87. The molecular weight excluding hydrogens is 136 g/mol. The third kappa shape index (κ3) is 0.747. The van der Waals surface area contributed by atoms with Gasteiger partial charge in [-0.05, 0) is 44.4 Å². The van der Waals surface area contributed by atoms with Gasteiger partial charge in [-0.25, -0.2) is 0 Å². The minimum Gasteiger partial charge on any atom is -0.357 e. The van der Waals surface area contributed by atoms with Crippen molar-refractivity contribution in [1.29, 1.82) is 0 Å². The van der Waals surface area contributed by atoms with Gasteiger partial charge in [-0.1, -0.05) is 6.08 Å². The largest absolute Gasteiger partial charge is 0.357 e. The number of hydrogen-bond donors (Lipinski definition) is 0. The normalized spacial score (nSPS) is 41.8. The van der Waals surface area contributed by atoms with Gasteiger partial charge in [-0.2, -0.15) is 0 Å². The maximum Gasteiger partial charge on any atom is 0.117 e. The fourth-order valence-electron chi connectivity index (χ4n) is 1.80. The molecule has 2 atom stereocenters. The monoisotopic (exact) mass is 150 g/mol. The molecule has 1 heteroatoms. The molecule has 2 aliphatic rings. The molecule has 0 bridgehead atoms. The quantitative estimate of drug-likeness (QED) is 0.483. The molecule has 1 nitrogen and oxygen atoms in total. The van der Waals surface area contributed by atoms with Crippen molar-refractivity contribution in [2.45, 2.75) is 39.4 Å². The van der Waals surface area contributed by atoms with E-state index in [1.54, 1.807) is 0 Å². The molecule has 1 heterocycles. The molecule has 60 valence electrons. The summed E-state index contributed by atoms with van der Waals surface area (Å²) in [5.74, 6) is 0. The summed E-state index contributed by atoms with van der Waals surface area (Å²) in [6.07, 6.45) is 2.62. The van der Waals surface area contributed by atoms with Gasteiger partial charge in [-0.3, -0.25) is 0 Å². The smallest absolute Gasteiger partial charge is 0.117 e. The van der Waals surface area contributed by atoms with Crippen LogP contribution in [0.15, 0.2) is 22.8 Å². The van der Waals surface area contributed by atoms with E-state index in [0.29, 0.717) is 6.10 Å². The number of epoxide rings is 1. The van der Waals surface area contributed by atoms with Gasteiger partial charge in [0, 0.05) is 0 Å². The zero-order valence-corrected chi connectivity index (χ0v) is 7.56. The van der Waals surface area contributed by atoms with Crippen LogP contribution in [0.1, 0.15) is 27.7 Å². The van der Waals surface area contributed by atoms with E-state index in [9.17, 15) is 0 Å². The van der Waals surface area contributed by atoms with Crippen LogP contribution in [0.5, 0.6) is 0 Å². The van der Waals surface area contributed by atoms with Gasteiger partial charge < -0.3 is 4.74 Å². The lowest BCUT2D eigenvalue weighted by Gasteiger charge is -2.14. The number of allylic oxidation sites excluding steroid dienone is 2. The predicted octanol–water partition coefficient (Wildman–Crippen LogP) is 2.44. The maximum absolute atomic E-state index is 5.63. The molecule has 1 fully saturated rings. The van der Waals surface area contributed by atoms with Crippen molar-refractivity contribution in [1.82, 2.24) is 0 Å². The molecule has 0 spiro atoms. The highest BCUT2D eigenvalue weighted by Gasteiger charge is 2.56. The number of ether oxygens (including phenoxy) is 1. The first-order chi connectivity index (χ1) is 5.05. The van der Waals surface area contributed by atoms with E-state index >= 15 is 0 Å². The lowest BCUT2D eigenvalue weighted by molar-refractivity contribution is 0.344. The summed E-state index contributed by atoms with van der Waals surface area (Å²) in [6, 6.07) is 0. The molecule has 0 radical (unpaired) electrons. The summed E-state index contributed by atoms with van der Waals surface area (Å²) in [6.45, 7) is 8.63. The molecular formula is C10H14O. The van der Waals surface area contributed by atoms with Crippen LogP contribution in [-0.4, -0.2) is 11.7 Å². The Balaban J connectivity index is 2.46.